The van der Waals surface area contributed by atoms with Gasteiger partial charge in [-0.15, -0.1) is 0 Å². The molecule has 33 heavy (non-hydrogen) atoms. The fraction of sp³-hybridized carbons (Fsp3) is 0.320. The van der Waals surface area contributed by atoms with E-state index in [-0.39, 0.29) is 18.0 Å². The number of rotatable bonds is 6. The second kappa shape index (κ2) is 7.95. The van der Waals surface area contributed by atoms with E-state index in [1.165, 1.54) is 19.2 Å². The van der Waals surface area contributed by atoms with Crippen LogP contribution in [0.5, 0.6) is 11.5 Å². The lowest BCUT2D eigenvalue weighted by Crippen LogP contribution is -2.60. The molecule has 172 valence electrons. The summed E-state index contributed by atoms with van der Waals surface area (Å²) in [4.78, 5) is 24.9. The zero-order chi connectivity index (χ0) is 24.0. The molecule has 0 aromatic heterocycles. The number of benzene rings is 2. The van der Waals surface area contributed by atoms with Crippen molar-refractivity contribution < 1.29 is 23.9 Å². The number of ether oxygens (including phenoxy) is 3. The fourth-order valence-electron chi connectivity index (χ4n) is 4.56. The lowest BCUT2D eigenvalue weighted by atomic mass is 9.76. The number of anilines is 1. The molecule has 2 aromatic carbocycles. The van der Waals surface area contributed by atoms with Crippen LogP contribution in [0.3, 0.4) is 0 Å². The van der Waals surface area contributed by atoms with Crippen LogP contribution in [0.2, 0.25) is 0 Å². The fourth-order valence-corrected chi connectivity index (χ4v) is 4.56. The third-order valence-electron chi connectivity index (χ3n) is 6.31. The number of nitro benzene ring substituents is 1. The summed E-state index contributed by atoms with van der Waals surface area (Å²) in [5, 5.41) is 11.4. The molecule has 0 aliphatic carbocycles. The van der Waals surface area contributed by atoms with Crippen molar-refractivity contribution in [1.82, 2.24) is 0 Å². The summed E-state index contributed by atoms with van der Waals surface area (Å²) in [5.74, 6) is 0.258. The van der Waals surface area contributed by atoms with Crippen LogP contribution in [0.15, 0.2) is 54.6 Å². The average molecular weight is 450 g/mol. The summed E-state index contributed by atoms with van der Waals surface area (Å²) in [5.41, 5.74) is 1.37. The van der Waals surface area contributed by atoms with Crippen molar-refractivity contribution in [2.45, 2.75) is 31.9 Å². The number of fused-ring (bicyclic) bond motifs is 2. The molecule has 2 aromatic rings. The Morgan fingerprint density at radius 1 is 1.27 bits per heavy atom. The van der Waals surface area contributed by atoms with Gasteiger partial charge in [-0.3, -0.25) is 10.1 Å². The molecule has 0 saturated carbocycles. The number of nitrogens with zero attached hydrogens (tertiary/aromatic N) is 2. The molecule has 0 fully saturated rings. The van der Waals surface area contributed by atoms with Crippen LogP contribution in [0, 0.1) is 10.1 Å². The van der Waals surface area contributed by atoms with Crippen LogP contribution in [-0.4, -0.2) is 36.9 Å². The number of hydrogen-bond acceptors (Lipinski definition) is 7. The summed E-state index contributed by atoms with van der Waals surface area (Å²) in [7, 11) is 1.46. The van der Waals surface area contributed by atoms with Crippen LogP contribution in [-0.2, 0) is 14.9 Å². The monoisotopic (exact) mass is 450 g/mol. The van der Waals surface area contributed by atoms with Crippen molar-refractivity contribution in [1.29, 1.82) is 0 Å². The molecule has 0 saturated heterocycles. The highest BCUT2D eigenvalue weighted by molar-refractivity contribution is 5.87. The van der Waals surface area contributed by atoms with Gasteiger partial charge in [-0.2, -0.15) is 0 Å². The van der Waals surface area contributed by atoms with Gasteiger partial charge in [0.1, 0.15) is 6.61 Å². The first-order valence-electron chi connectivity index (χ1n) is 10.6. The summed E-state index contributed by atoms with van der Waals surface area (Å²) in [6, 6.07) is 10.8. The van der Waals surface area contributed by atoms with Crippen molar-refractivity contribution in [3.05, 3.63) is 75.9 Å². The summed E-state index contributed by atoms with van der Waals surface area (Å²) >= 11 is 0. The Balaban J connectivity index is 1.79. The number of hydrogen-bond donors (Lipinski definition) is 0. The second-order valence-electron chi connectivity index (χ2n) is 8.67. The van der Waals surface area contributed by atoms with Gasteiger partial charge >= 0.3 is 5.97 Å². The molecular formula is C25H26N2O6. The number of para-hydroxylation sites is 1. The van der Waals surface area contributed by atoms with E-state index in [2.05, 4.69) is 31.4 Å². The summed E-state index contributed by atoms with van der Waals surface area (Å²) in [6.07, 6.45) is 3.74. The number of non-ortho nitro benzene ring substituents is 1. The van der Waals surface area contributed by atoms with Gasteiger partial charge in [0.15, 0.2) is 11.5 Å². The Bertz CT molecular complexity index is 1190. The van der Waals surface area contributed by atoms with E-state index in [9.17, 15) is 14.9 Å². The molecule has 8 nitrogen and oxygen atoms in total. The minimum atomic E-state index is -0.970. The first kappa shape index (κ1) is 22.4. The second-order valence-corrected chi connectivity index (χ2v) is 8.67. The molecule has 1 spiro atoms. The highest BCUT2D eigenvalue weighted by Crippen LogP contribution is 2.56. The Morgan fingerprint density at radius 2 is 2.00 bits per heavy atom. The number of esters is 1. The van der Waals surface area contributed by atoms with Crippen molar-refractivity contribution in [2.24, 2.45) is 0 Å². The van der Waals surface area contributed by atoms with Gasteiger partial charge in [0, 0.05) is 22.9 Å². The van der Waals surface area contributed by atoms with E-state index in [0.29, 0.717) is 23.4 Å². The molecule has 2 aliphatic heterocycles. The van der Waals surface area contributed by atoms with Crippen LogP contribution < -0.4 is 14.4 Å². The van der Waals surface area contributed by atoms with E-state index in [4.69, 9.17) is 14.2 Å². The largest absolute Gasteiger partial charge is 0.493 e. The predicted molar refractivity (Wildman–Crippen MR) is 125 cm³/mol. The molecule has 0 bridgehead atoms. The SMILES string of the molecule is C=C(C)C(=O)OCCN1c2ccccc2C(C)(C)C12C=Cc1cc([N+](=O)[O-])cc(OC)c1O2. The van der Waals surface area contributed by atoms with Crippen molar-refractivity contribution in [2.75, 3.05) is 25.2 Å². The molecule has 0 N–H and O–H groups in total. The lowest BCUT2D eigenvalue weighted by molar-refractivity contribution is -0.385. The third-order valence-corrected chi connectivity index (χ3v) is 6.31. The number of nitro groups is 1. The summed E-state index contributed by atoms with van der Waals surface area (Å²) in [6.45, 7) is 9.90. The molecule has 2 aliphatic rings. The summed E-state index contributed by atoms with van der Waals surface area (Å²) < 4.78 is 17.5. The van der Waals surface area contributed by atoms with E-state index in [1.807, 2.05) is 30.4 Å². The Kier molecular flexibility index (Phi) is 5.40. The zero-order valence-electron chi connectivity index (χ0n) is 19.1. The lowest BCUT2D eigenvalue weighted by Gasteiger charge is -2.47. The van der Waals surface area contributed by atoms with Crippen LogP contribution in [0.25, 0.3) is 6.08 Å². The van der Waals surface area contributed by atoms with Gasteiger partial charge < -0.3 is 19.1 Å². The molecule has 8 heteroatoms. The first-order valence-corrected chi connectivity index (χ1v) is 10.6. The maximum Gasteiger partial charge on any atom is 0.333 e. The Labute approximate surface area is 192 Å². The standard InChI is InChI=1S/C25H26N2O6/c1-16(2)23(28)32-13-12-26-20-9-7-6-8-19(20)24(3,4)25(26)11-10-17-14-18(27(29)30)15-21(31-5)22(17)33-25/h6-11,14-15H,1,12-13H2,2-5H3. The average Bonchev–Trinajstić information content (AvgIpc) is 2.96. The predicted octanol–water partition coefficient (Wildman–Crippen LogP) is 4.62. The maximum absolute atomic E-state index is 11.9. The smallest absolute Gasteiger partial charge is 0.333 e. The van der Waals surface area contributed by atoms with E-state index in [1.54, 1.807) is 6.92 Å². The van der Waals surface area contributed by atoms with Crippen molar-refractivity contribution in [3.63, 3.8) is 0 Å². The Hall–Kier alpha value is -3.81. The number of carbonyl (C=O) groups is 1. The van der Waals surface area contributed by atoms with Gasteiger partial charge in [0.2, 0.25) is 5.72 Å². The molecular weight excluding hydrogens is 424 g/mol. The molecule has 0 amide bonds. The van der Waals surface area contributed by atoms with E-state index >= 15 is 0 Å². The van der Waals surface area contributed by atoms with Gasteiger partial charge in [0.25, 0.3) is 5.69 Å². The molecule has 4 rings (SSSR count). The highest BCUT2D eigenvalue weighted by Gasteiger charge is 2.59. The topological polar surface area (TPSA) is 91.1 Å². The van der Waals surface area contributed by atoms with E-state index < -0.39 is 22.0 Å². The van der Waals surface area contributed by atoms with Crippen LogP contribution >= 0.6 is 0 Å². The van der Waals surface area contributed by atoms with Gasteiger partial charge in [-0.1, -0.05) is 24.8 Å². The van der Waals surface area contributed by atoms with Crippen molar-refractivity contribution >= 4 is 23.4 Å². The highest BCUT2D eigenvalue weighted by atomic mass is 16.6. The molecule has 2 heterocycles. The van der Waals surface area contributed by atoms with E-state index in [0.717, 1.165) is 11.3 Å². The molecule has 1 atom stereocenters. The van der Waals surface area contributed by atoms with Crippen molar-refractivity contribution in [3.8, 4) is 11.5 Å². The number of carbonyl (C=O) groups excluding carboxylic acids is 1. The first-order chi connectivity index (χ1) is 15.6. The van der Waals surface area contributed by atoms with Gasteiger partial charge in [0.05, 0.1) is 30.1 Å². The molecule has 1 unspecified atom stereocenters. The minimum Gasteiger partial charge on any atom is -0.493 e. The Morgan fingerprint density at radius 3 is 2.67 bits per heavy atom. The van der Waals surface area contributed by atoms with Crippen LogP contribution in [0.1, 0.15) is 31.9 Å². The van der Waals surface area contributed by atoms with Gasteiger partial charge in [-0.25, -0.2) is 4.79 Å². The normalized spacial score (nSPS) is 19.5. The van der Waals surface area contributed by atoms with Crippen LogP contribution in [0.4, 0.5) is 11.4 Å². The number of methoxy groups -OCH3 is 1. The maximum atomic E-state index is 11.9. The third kappa shape index (κ3) is 3.42. The molecule has 0 radical (unpaired) electrons. The minimum absolute atomic E-state index is 0.0765. The zero-order valence-corrected chi connectivity index (χ0v) is 19.1. The van der Waals surface area contributed by atoms with Gasteiger partial charge in [-0.05, 0) is 44.6 Å². The quantitative estimate of drug-likeness (QED) is 0.274.